The third-order valence-corrected chi connectivity index (χ3v) is 5.20. The number of hydrogen-bond donors (Lipinski definition) is 1. The number of nitrogens with one attached hydrogen (secondary N) is 1. The van der Waals surface area contributed by atoms with E-state index >= 15 is 0 Å². The minimum absolute atomic E-state index is 0.0483. The molecule has 1 amide bonds. The third-order valence-electron chi connectivity index (χ3n) is 5.20. The molecule has 1 atom stereocenters. The molecule has 162 valence electrons. The van der Waals surface area contributed by atoms with E-state index < -0.39 is 5.82 Å². The standard InChI is InChI=1S/C22H25FN6O2/c1-14(2)22-28-27-20(31-22)10-11-21(30)29-12-4-6-17(29)16-5-3-7-19(25-16)26-18-9-8-15(23)13-24-18/h3,5,7-9,13-14,17H,4,6,10-12H2,1-2H3,(H,24,25,26)/t17-/m1/s1. The molecular formula is C22H25FN6O2. The zero-order valence-corrected chi connectivity index (χ0v) is 17.6. The summed E-state index contributed by atoms with van der Waals surface area (Å²) in [7, 11) is 0. The Balaban J connectivity index is 1.41. The maximum absolute atomic E-state index is 13.1. The average Bonchev–Trinajstić information content (AvgIpc) is 3.44. The van der Waals surface area contributed by atoms with Crippen LogP contribution in [0.5, 0.6) is 0 Å². The molecule has 0 spiro atoms. The zero-order valence-electron chi connectivity index (χ0n) is 17.6. The van der Waals surface area contributed by atoms with Gasteiger partial charge in [0.25, 0.3) is 0 Å². The summed E-state index contributed by atoms with van der Waals surface area (Å²) in [5.74, 6) is 2.00. The van der Waals surface area contributed by atoms with Gasteiger partial charge in [-0.3, -0.25) is 4.79 Å². The summed E-state index contributed by atoms with van der Waals surface area (Å²) in [5.41, 5.74) is 0.817. The molecule has 3 aromatic heterocycles. The largest absolute Gasteiger partial charge is 0.425 e. The van der Waals surface area contributed by atoms with Crippen LogP contribution < -0.4 is 5.32 Å². The van der Waals surface area contributed by atoms with Gasteiger partial charge < -0.3 is 14.6 Å². The molecule has 1 aliphatic rings. The first kappa shape index (κ1) is 20.9. The van der Waals surface area contributed by atoms with Crippen molar-refractivity contribution in [1.82, 2.24) is 25.1 Å². The summed E-state index contributed by atoms with van der Waals surface area (Å²) in [5, 5.41) is 11.1. The van der Waals surface area contributed by atoms with E-state index in [1.807, 2.05) is 36.9 Å². The number of aromatic nitrogens is 4. The molecule has 0 unspecified atom stereocenters. The summed E-state index contributed by atoms with van der Waals surface area (Å²) in [6.07, 6.45) is 3.67. The fraction of sp³-hybridized carbons (Fsp3) is 0.409. The number of aryl methyl sites for hydroxylation is 1. The highest BCUT2D eigenvalue weighted by Crippen LogP contribution is 2.32. The smallest absolute Gasteiger partial charge is 0.223 e. The summed E-state index contributed by atoms with van der Waals surface area (Å²) in [6.45, 7) is 4.67. The summed E-state index contributed by atoms with van der Waals surface area (Å²) < 4.78 is 18.7. The number of anilines is 2. The lowest BCUT2D eigenvalue weighted by molar-refractivity contribution is -0.132. The third kappa shape index (κ3) is 5.04. The maximum atomic E-state index is 13.1. The number of carbonyl (C=O) groups excluding carboxylic acids is 1. The van der Waals surface area contributed by atoms with Crippen molar-refractivity contribution in [3.63, 3.8) is 0 Å². The average molecular weight is 424 g/mol. The molecule has 0 aliphatic carbocycles. The molecule has 9 heteroatoms. The molecule has 3 aromatic rings. The Hall–Kier alpha value is -3.36. The van der Waals surface area contributed by atoms with Gasteiger partial charge in [-0.15, -0.1) is 10.2 Å². The van der Waals surface area contributed by atoms with E-state index in [1.165, 1.54) is 6.07 Å². The Morgan fingerprint density at radius 3 is 2.87 bits per heavy atom. The lowest BCUT2D eigenvalue weighted by Crippen LogP contribution is -2.31. The molecule has 4 rings (SSSR count). The van der Waals surface area contributed by atoms with E-state index in [9.17, 15) is 9.18 Å². The molecule has 4 heterocycles. The number of pyridine rings is 2. The monoisotopic (exact) mass is 424 g/mol. The molecule has 1 N–H and O–H groups in total. The Labute approximate surface area is 179 Å². The minimum Gasteiger partial charge on any atom is -0.425 e. The summed E-state index contributed by atoms with van der Waals surface area (Å²) in [4.78, 5) is 23.4. The molecular weight excluding hydrogens is 399 g/mol. The van der Waals surface area contributed by atoms with Gasteiger partial charge in [0.1, 0.15) is 17.5 Å². The van der Waals surface area contributed by atoms with Crippen molar-refractivity contribution in [3.05, 3.63) is 59.8 Å². The molecule has 0 aromatic carbocycles. The normalized spacial score (nSPS) is 16.1. The van der Waals surface area contributed by atoms with Gasteiger partial charge in [-0.1, -0.05) is 19.9 Å². The highest BCUT2D eigenvalue weighted by molar-refractivity contribution is 5.77. The number of hydrogen-bond acceptors (Lipinski definition) is 7. The molecule has 1 aliphatic heterocycles. The van der Waals surface area contributed by atoms with Crippen molar-refractivity contribution in [2.75, 3.05) is 11.9 Å². The van der Waals surface area contributed by atoms with Gasteiger partial charge in [0, 0.05) is 25.3 Å². The quantitative estimate of drug-likeness (QED) is 0.608. The van der Waals surface area contributed by atoms with Gasteiger partial charge in [0.2, 0.25) is 17.7 Å². The topological polar surface area (TPSA) is 97.0 Å². The predicted molar refractivity (Wildman–Crippen MR) is 112 cm³/mol. The van der Waals surface area contributed by atoms with Crippen LogP contribution >= 0.6 is 0 Å². The Kier molecular flexibility index (Phi) is 6.20. The second-order valence-electron chi connectivity index (χ2n) is 7.87. The molecule has 0 radical (unpaired) electrons. The van der Waals surface area contributed by atoms with Crippen LogP contribution in [0.1, 0.15) is 62.5 Å². The highest BCUT2D eigenvalue weighted by atomic mass is 19.1. The number of likely N-dealkylation sites (tertiary alicyclic amines) is 1. The SMILES string of the molecule is CC(C)c1nnc(CCC(=O)N2CCC[C@@H]2c2cccc(Nc3ccc(F)cn3)n2)o1. The molecule has 0 bridgehead atoms. The summed E-state index contributed by atoms with van der Waals surface area (Å²) >= 11 is 0. The molecule has 31 heavy (non-hydrogen) atoms. The number of nitrogens with zero attached hydrogens (tertiary/aromatic N) is 5. The predicted octanol–water partition coefficient (Wildman–Crippen LogP) is 4.16. The minimum atomic E-state index is -0.395. The van der Waals surface area contributed by atoms with Gasteiger partial charge >= 0.3 is 0 Å². The van der Waals surface area contributed by atoms with Crippen LogP contribution in [0.4, 0.5) is 16.0 Å². The molecule has 1 fully saturated rings. The first-order valence-corrected chi connectivity index (χ1v) is 10.5. The van der Waals surface area contributed by atoms with E-state index in [1.54, 1.807) is 6.07 Å². The Morgan fingerprint density at radius 2 is 2.13 bits per heavy atom. The van der Waals surface area contributed by atoms with Crippen molar-refractivity contribution in [1.29, 1.82) is 0 Å². The summed E-state index contributed by atoms with van der Waals surface area (Å²) in [6, 6.07) is 8.44. The second-order valence-corrected chi connectivity index (χ2v) is 7.87. The number of rotatable bonds is 7. The number of halogens is 1. The lowest BCUT2D eigenvalue weighted by Gasteiger charge is -2.24. The Morgan fingerprint density at radius 1 is 1.26 bits per heavy atom. The van der Waals surface area contributed by atoms with E-state index in [-0.39, 0.29) is 17.9 Å². The first-order valence-electron chi connectivity index (χ1n) is 10.5. The molecule has 8 nitrogen and oxygen atoms in total. The fourth-order valence-electron chi connectivity index (χ4n) is 3.62. The van der Waals surface area contributed by atoms with E-state index in [4.69, 9.17) is 4.42 Å². The van der Waals surface area contributed by atoms with Crippen LogP contribution in [0, 0.1) is 5.82 Å². The first-order chi connectivity index (χ1) is 15.0. The van der Waals surface area contributed by atoms with Crippen molar-refractivity contribution < 1.29 is 13.6 Å². The van der Waals surface area contributed by atoms with E-state index in [0.717, 1.165) is 24.7 Å². The fourth-order valence-corrected chi connectivity index (χ4v) is 3.62. The van der Waals surface area contributed by atoms with Gasteiger partial charge in [-0.25, -0.2) is 14.4 Å². The van der Waals surface area contributed by atoms with Crippen LogP contribution in [-0.2, 0) is 11.2 Å². The number of amides is 1. The number of carbonyl (C=O) groups is 1. The van der Waals surface area contributed by atoms with Gasteiger partial charge in [0.15, 0.2) is 0 Å². The van der Waals surface area contributed by atoms with Crippen LogP contribution in [-0.4, -0.2) is 37.5 Å². The van der Waals surface area contributed by atoms with E-state index in [2.05, 4.69) is 25.5 Å². The van der Waals surface area contributed by atoms with Gasteiger partial charge in [-0.2, -0.15) is 0 Å². The van der Waals surface area contributed by atoms with Gasteiger partial charge in [-0.05, 0) is 37.1 Å². The highest BCUT2D eigenvalue weighted by Gasteiger charge is 2.31. The van der Waals surface area contributed by atoms with Crippen molar-refractivity contribution in [2.45, 2.75) is 51.5 Å². The van der Waals surface area contributed by atoms with Crippen LogP contribution in [0.2, 0.25) is 0 Å². The lowest BCUT2D eigenvalue weighted by atomic mass is 10.1. The Bertz CT molecular complexity index is 1040. The second kappa shape index (κ2) is 9.20. The maximum Gasteiger partial charge on any atom is 0.223 e. The zero-order chi connectivity index (χ0) is 21.8. The van der Waals surface area contributed by atoms with Crippen molar-refractivity contribution >= 4 is 17.5 Å². The van der Waals surface area contributed by atoms with Crippen molar-refractivity contribution in [2.24, 2.45) is 0 Å². The van der Waals surface area contributed by atoms with Crippen molar-refractivity contribution in [3.8, 4) is 0 Å². The van der Waals surface area contributed by atoms with Crippen LogP contribution in [0.15, 0.2) is 40.9 Å². The molecule has 0 saturated carbocycles. The van der Waals surface area contributed by atoms with Crippen LogP contribution in [0.3, 0.4) is 0 Å². The van der Waals surface area contributed by atoms with Crippen LogP contribution in [0.25, 0.3) is 0 Å². The van der Waals surface area contributed by atoms with E-state index in [0.29, 0.717) is 42.8 Å². The van der Waals surface area contributed by atoms with Gasteiger partial charge in [0.05, 0.1) is 17.9 Å². The molecule has 1 saturated heterocycles.